The molecule has 2 aromatic rings. The van der Waals surface area contributed by atoms with Crippen molar-refractivity contribution in [3.8, 4) is 0 Å². The smallest absolute Gasteiger partial charge is 0.255 e. The van der Waals surface area contributed by atoms with Gasteiger partial charge in [0, 0.05) is 36.5 Å². The molecule has 2 aliphatic rings. The Morgan fingerprint density at radius 1 is 1.32 bits per heavy atom. The van der Waals surface area contributed by atoms with Crippen molar-refractivity contribution in [2.75, 3.05) is 5.32 Å². The molecule has 1 fully saturated rings. The van der Waals surface area contributed by atoms with Gasteiger partial charge in [0.15, 0.2) is 5.13 Å². The lowest BCUT2D eigenvalue weighted by molar-refractivity contribution is -0.136. The van der Waals surface area contributed by atoms with E-state index in [4.69, 9.17) is 5.73 Å². The molecule has 0 aliphatic carbocycles. The molecule has 0 spiro atoms. The number of amides is 3. The highest BCUT2D eigenvalue weighted by Gasteiger charge is 2.39. The molecule has 0 bridgehead atoms. The van der Waals surface area contributed by atoms with Gasteiger partial charge in [-0.3, -0.25) is 19.7 Å². The summed E-state index contributed by atoms with van der Waals surface area (Å²) in [6, 6.07) is 5.06. The van der Waals surface area contributed by atoms with E-state index in [1.165, 1.54) is 11.3 Å². The monoisotopic (exact) mass is 441 g/mol. The molecule has 3 heterocycles. The minimum absolute atomic E-state index is 0.0592. The molecule has 1 saturated heterocycles. The van der Waals surface area contributed by atoms with Gasteiger partial charge in [-0.1, -0.05) is 26.0 Å². The predicted molar refractivity (Wildman–Crippen MR) is 118 cm³/mol. The summed E-state index contributed by atoms with van der Waals surface area (Å²) in [6.07, 6.45) is 1.51. The summed E-state index contributed by atoms with van der Waals surface area (Å²) >= 11 is 1.53. The fraction of sp³-hybridized carbons (Fsp3) is 0.455. The highest BCUT2D eigenvalue weighted by molar-refractivity contribution is 7.13. The van der Waals surface area contributed by atoms with Crippen molar-refractivity contribution in [3.05, 3.63) is 46.0 Å². The Balaban J connectivity index is 1.39. The van der Waals surface area contributed by atoms with Crippen LogP contribution < -0.4 is 16.4 Å². The Morgan fingerprint density at radius 2 is 2.13 bits per heavy atom. The first-order valence-electron chi connectivity index (χ1n) is 10.5. The van der Waals surface area contributed by atoms with E-state index < -0.39 is 11.9 Å². The summed E-state index contributed by atoms with van der Waals surface area (Å²) in [4.78, 5) is 42.5. The number of fused-ring (bicyclic) bond motifs is 1. The van der Waals surface area contributed by atoms with Crippen LogP contribution >= 0.6 is 11.3 Å². The van der Waals surface area contributed by atoms with Crippen LogP contribution in [0.1, 0.15) is 66.3 Å². The van der Waals surface area contributed by atoms with Crippen molar-refractivity contribution >= 4 is 34.2 Å². The first-order chi connectivity index (χ1) is 14.8. The van der Waals surface area contributed by atoms with Gasteiger partial charge >= 0.3 is 0 Å². The Labute approximate surface area is 185 Å². The molecule has 4 N–H and O–H groups in total. The number of nitrogens with zero attached hydrogens (tertiary/aromatic N) is 2. The summed E-state index contributed by atoms with van der Waals surface area (Å²) in [7, 11) is 0. The van der Waals surface area contributed by atoms with Crippen LogP contribution in [-0.2, 0) is 22.7 Å². The molecule has 9 heteroatoms. The normalized spacial score (nSPS) is 19.5. The number of rotatable bonds is 7. The van der Waals surface area contributed by atoms with E-state index in [-0.39, 0.29) is 24.3 Å². The zero-order valence-corrected chi connectivity index (χ0v) is 18.5. The van der Waals surface area contributed by atoms with Crippen LogP contribution in [0.4, 0.5) is 5.13 Å². The maximum Gasteiger partial charge on any atom is 0.255 e. The first-order valence-corrected chi connectivity index (χ1v) is 11.4. The van der Waals surface area contributed by atoms with Crippen molar-refractivity contribution < 1.29 is 14.4 Å². The Kier molecular flexibility index (Phi) is 6.06. The molecular weight excluding hydrogens is 414 g/mol. The van der Waals surface area contributed by atoms with E-state index in [0.717, 1.165) is 28.4 Å². The summed E-state index contributed by atoms with van der Waals surface area (Å²) in [5.41, 5.74) is 9.66. The molecule has 1 aromatic carbocycles. The summed E-state index contributed by atoms with van der Waals surface area (Å²) < 4.78 is 0. The van der Waals surface area contributed by atoms with Gasteiger partial charge < -0.3 is 16.0 Å². The zero-order chi connectivity index (χ0) is 22.1. The summed E-state index contributed by atoms with van der Waals surface area (Å²) in [5, 5.41) is 8.47. The van der Waals surface area contributed by atoms with Crippen LogP contribution in [0, 0.1) is 5.92 Å². The lowest BCUT2D eigenvalue weighted by atomic mass is 10.0. The van der Waals surface area contributed by atoms with Gasteiger partial charge in [-0.05, 0) is 36.0 Å². The van der Waals surface area contributed by atoms with E-state index in [1.54, 1.807) is 4.90 Å². The number of piperidine rings is 1. The van der Waals surface area contributed by atoms with Gasteiger partial charge in [-0.2, -0.15) is 0 Å². The van der Waals surface area contributed by atoms with Crippen LogP contribution in [0.2, 0.25) is 0 Å². The predicted octanol–water partition coefficient (Wildman–Crippen LogP) is 2.56. The standard InChI is InChI=1S/C22H27N5O3S/c1-12(2)7-16(23)17-11-31-22(25-17)24-9-13-3-4-15-14(8-13)10-27(21(15)30)18-5-6-19(28)26-20(18)29/h3-4,8,11-12,16,18H,5-7,9-10,23H2,1-2H3,(H,24,25)(H,26,28,29)/t16-,18?/m0/s1. The maximum absolute atomic E-state index is 12.8. The second kappa shape index (κ2) is 8.76. The molecule has 8 nitrogen and oxygen atoms in total. The number of nitrogens with two attached hydrogens (primary N) is 1. The lowest BCUT2D eigenvalue weighted by Crippen LogP contribution is -2.52. The molecule has 3 amide bonds. The number of thiazole rings is 1. The molecule has 164 valence electrons. The number of hydrogen-bond donors (Lipinski definition) is 3. The van der Waals surface area contributed by atoms with Crippen LogP contribution in [-0.4, -0.2) is 33.6 Å². The topological polar surface area (TPSA) is 117 Å². The van der Waals surface area contributed by atoms with Crippen molar-refractivity contribution in [3.63, 3.8) is 0 Å². The SMILES string of the molecule is CC(C)C[C@H](N)c1csc(NCc2ccc3c(c2)CN(C2CCC(=O)NC2=O)C3=O)n1. The fourth-order valence-electron chi connectivity index (χ4n) is 4.08. The zero-order valence-electron chi connectivity index (χ0n) is 17.7. The van der Waals surface area contributed by atoms with Crippen LogP contribution in [0.25, 0.3) is 0 Å². The summed E-state index contributed by atoms with van der Waals surface area (Å²) in [6.45, 7) is 5.24. The van der Waals surface area contributed by atoms with E-state index in [0.29, 0.717) is 31.0 Å². The van der Waals surface area contributed by atoms with E-state index in [1.807, 2.05) is 23.6 Å². The third-order valence-corrected chi connectivity index (χ3v) is 6.48. The van der Waals surface area contributed by atoms with E-state index >= 15 is 0 Å². The van der Waals surface area contributed by atoms with Crippen LogP contribution in [0.15, 0.2) is 23.6 Å². The molecule has 31 heavy (non-hydrogen) atoms. The molecule has 4 rings (SSSR count). The van der Waals surface area contributed by atoms with E-state index in [2.05, 4.69) is 29.5 Å². The number of aromatic nitrogens is 1. The molecule has 2 aliphatic heterocycles. The van der Waals surface area contributed by atoms with Crippen molar-refractivity contribution in [2.24, 2.45) is 11.7 Å². The number of hydrogen-bond acceptors (Lipinski definition) is 7. The lowest BCUT2D eigenvalue weighted by Gasteiger charge is -2.29. The Bertz CT molecular complexity index is 1020. The molecule has 1 unspecified atom stereocenters. The Morgan fingerprint density at radius 3 is 2.87 bits per heavy atom. The van der Waals surface area contributed by atoms with Crippen molar-refractivity contribution in [2.45, 2.75) is 58.3 Å². The second-order valence-electron chi connectivity index (χ2n) is 8.56. The summed E-state index contributed by atoms with van der Waals surface area (Å²) in [5.74, 6) is -0.321. The first kappa shape index (κ1) is 21.5. The minimum atomic E-state index is -0.594. The van der Waals surface area contributed by atoms with Gasteiger partial charge in [0.05, 0.1) is 5.69 Å². The van der Waals surface area contributed by atoms with Gasteiger partial charge in [-0.25, -0.2) is 4.98 Å². The van der Waals surface area contributed by atoms with Gasteiger partial charge in [0.25, 0.3) is 5.91 Å². The van der Waals surface area contributed by atoms with Gasteiger partial charge in [0.2, 0.25) is 11.8 Å². The third-order valence-electron chi connectivity index (χ3n) is 5.66. The number of anilines is 1. The van der Waals surface area contributed by atoms with E-state index in [9.17, 15) is 14.4 Å². The Hall–Kier alpha value is -2.78. The minimum Gasteiger partial charge on any atom is -0.357 e. The third kappa shape index (κ3) is 4.62. The van der Waals surface area contributed by atoms with Gasteiger partial charge in [0.1, 0.15) is 6.04 Å². The van der Waals surface area contributed by atoms with Crippen molar-refractivity contribution in [1.29, 1.82) is 0 Å². The number of carbonyl (C=O) groups excluding carboxylic acids is 3. The number of imide groups is 1. The number of benzene rings is 1. The molecule has 2 atom stereocenters. The molecule has 0 saturated carbocycles. The average Bonchev–Trinajstić information content (AvgIpc) is 3.31. The average molecular weight is 442 g/mol. The van der Waals surface area contributed by atoms with Crippen LogP contribution in [0.3, 0.4) is 0 Å². The number of carbonyl (C=O) groups is 3. The largest absolute Gasteiger partial charge is 0.357 e. The highest BCUT2D eigenvalue weighted by atomic mass is 32.1. The maximum atomic E-state index is 12.8. The quantitative estimate of drug-likeness (QED) is 0.569. The van der Waals surface area contributed by atoms with Crippen molar-refractivity contribution in [1.82, 2.24) is 15.2 Å². The number of nitrogens with one attached hydrogen (secondary N) is 2. The second-order valence-corrected chi connectivity index (χ2v) is 9.42. The highest BCUT2D eigenvalue weighted by Crippen LogP contribution is 2.29. The van der Waals surface area contributed by atoms with Gasteiger partial charge in [-0.15, -0.1) is 11.3 Å². The fourth-order valence-corrected chi connectivity index (χ4v) is 4.86. The molecule has 1 aromatic heterocycles. The molecular formula is C22H27N5O3S. The molecule has 0 radical (unpaired) electrons. The van der Waals surface area contributed by atoms with Crippen LogP contribution in [0.5, 0.6) is 0 Å².